The number of hydrogen-bond acceptors (Lipinski definition) is 2. The average molecular weight is 251 g/mol. The van der Waals surface area contributed by atoms with E-state index in [0.29, 0.717) is 10.8 Å². The highest BCUT2D eigenvalue weighted by molar-refractivity contribution is 8.00. The molecule has 2 heteroatoms. The lowest BCUT2D eigenvalue weighted by Gasteiger charge is -2.24. The summed E-state index contributed by atoms with van der Waals surface area (Å²) >= 11 is 2.01. The standard InChI is InChI=1S/C15H25NS/c1-11-8-7-9-13(12(11)2)14(16-6)10-17-15(3,4)5/h7-9,14,16H,10H2,1-6H3. The van der Waals surface area contributed by atoms with Crippen molar-refractivity contribution in [3.63, 3.8) is 0 Å². The van der Waals surface area contributed by atoms with Crippen LogP contribution in [-0.4, -0.2) is 17.5 Å². The minimum atomic E-state index is 0.326. The Morgan fingerprint density at radius 1 is 1.24 bits per heavy atom. The molecule has 0 spiro atoms. The molecule has 1 aromatic rings. The Kier molecular flexibility index (Phi) is 5.08. The maximum atomic E-state index is 3.44. The molecule has 0 aliphatic heterocycles. The van der Waals surface area contributed by atoms with Gasteiger partial charge in [-0.1, -0.05) is 39.0 Å². The van der Waals surface area contributed by atoms with E-state index in [0.717, 1.165) is 5.75 Å². The highest BCUT2D eigenvalue weighted by atomic mass is 32.2. The quantitative estimate of drug-likeness (QED) is 0.865. The summed E-state index contributed by atoms with van der Waals surface area (Å²) in [6.45, 7) is 11.2. The molecule has 0 aromatic heterocycles. The van der Waals surface area contributed by atoms with Crippen molar-refractivity contribution in [3.8, 4) is 0 Å². The zero-order valence-corrected chi connectivity index (χ0v) is 12.7. The molecule has 0 amide bonds. The monoisotopic (exact) mass is 251 g/mol. The van der Waals surface area contributed by atoms with Crippen LogP contribution in [0.2, 0.25) is 0 Å². The second kappa shape index (κ2) is 5.92. The van der Waals surface area contributed by atoms with E-state index in [4.69, 9.17) is 0 Å². The van der Waals surface area contributed by atoms with Crippen molar-refractivity contribution in [1.82, 2.24) is 5.32 Å². The van der Waals surface area contributed by atoms with Gasteiger partial charge in [-0.05, 0) is 37.6 Å². The number of nitrogens with one attached hydrogen (secondary N) is 1. The van der Waals surface area contributed by atoms with Crippen LogP contribution >= 0.6 is 11.8 Å². The summed E-state index contributed by atoms with van der Waals surface area (Å²) in [7, 11) is 2.05. The number of thioether (sulfide) groups is 1. The fourth-order valence-corrected chi connectivity index (χ4v) is 2.83. The van der Waals surface area contributed by atoms with Crippen molar-refractivity contribution in [3.05, 3.63) is 34.9 Å². The Hall–Kier alpha value is -0.470. The van der Waals surface area contributed by atoms with Gasteiger partial charge in [-0.15, -0.1) is 0 Å². The van der Waals surface area contributed by atoms with Crippen molar-refractivity contribution >= 4 is 11.8 Å². The van der Waals surface area contributed by atoms with Crippen LogP contribution in [-0.2, 0) is 0 Å². The first-order valence-corrected chi connectivity index (χ1v) is 7.21. The zero-order chi connectivity index (χ0) is 13.1. The first-order chi connectivity index (χ1) is 7.85. The predicted octanol–water partition coefficient (Wildman–Crippen LogP) is 4.10. The molecule has 0 radical (unpaired) electrons. The molecule has 0 aliphatic carbocycles. The van der Waals surface area contributed by atoms with Crippen LogP contribution in [0.3, 0.4) is 0 Å². The minimum absolute atomic E-state index is 0.326. The summed E-state index contributed by atoms with van der Waals surface area (Å²) in [5, 5.41) is 3.44. The third-order valence-electron chi connectivity index (χ3n) is 3.05. The van der Waals surface area contributed by atoms with Gasteiger partial charge in [0.05, 0.1) is 0 Å². The molecule has 0 aliphatic rings. The topological polar surface area (TPSA) is 12.0 Å². The summed E-state index contributed by atoms with van der Waals surface area (Å²) in [6.07, 6.45) is 0. The van der Waals surface area contributed by atoms with E-state index in [2.05, 4.69) is 65.2 Å². The summed E-state index contributed by atoms with van der Waals surface area (Å²) in [5.41, 5.74) is 4.23. The highest BCUT2D eigenvalue weighted by Crippen LogP contribution is 2.30. The van der Waals surface area contributed by atoms with Crippen LogP contribution in [0.4, 0.5) is 0 Å². The van der Waals surface area contributed by atoms with Crippen molar-refractivity contribution in [2.45, 2.75) is 45.4 Å². The fourth-order valence-electron chi connectivity index (χ4n) is 1.81. The highest BCUT2D eigenvalue weighted by Gasteiger charge is 2.17. The normalized spacial score (nSPS) is 13.8. The molecular weight excluding hydrogens is 226 g/mol. The van der Waals surface area contributed by atoms with Gasteiger partial charge in [0.25, 0.3) is 0 Å². The summed E-state index contributed by atoms with van der Waals surface area (Å²) < 4.78 is 0.326. The van der Waals surface area contributed by atoms with E-state index in [-0.39, 0.29) is 0 Å². The molecule has 1 nitrogen and oxygen atoms in total. The Morgan fingerprint density at radius 2 is 1.88 bits per heavy atom. The van der Waals surface area contributed by atoms with Crippen molar-refractivity contribution in [2.75, 3.05) is 12.8 Å². The molecule has 0 saturated carbocycles. The molecule has 1 rings (SSSR count). The van der Waals surface area contributed by atoms with Crippen molar-refractivity contribution < 1.29 is 0 Å². The Labute approximate surface area is 110 Å². The smallest absolute Gasteiger partial charge is 0.0412 e. The number of benzene rings is 1. The molecule has 0 heterocycles. The van der Waals surface area contributed by atoms with Crippen LogP contribution in [0.15, 0.2) is 18.2 Å². The third-order valence-corrected chi connectivity index (χ3v) is 4.42. The molecule has 17 heavy (non-hydrogen) atoms. The van der Waals surface area contributed by atoms with Gasteiger partial charge < -0.3 is 5.32 Å². The molecule has 0 saturated heterocycles. The van der Waals surface area contributed by atoms with E-state index in [1.54, 1.807) is 0 Å². The van der Waals surface area contributed by atoms with E-state index >= 15 is 0 Å². The van der Waals surface area contributed by atoms with Gasteiger partial charge in [-0.2, -0.15) is 11.8 Å². The zero-order valence-electron chi connectivity index (χ0n) is 11.9. The van der Waals surface area contributed by atoms with E-state index in [9.17, 15) is 0 Å². The van der Waals surface area contributed by atoms with Gasteiger partial charge in [0.2, 0.25) is 0 Å². The van der Waals surface area contributed by atoms with Gasteiger partial charge in [-0.3, -0.25) is 0 Å². The molecule has 1 atom stereocenters. The molecule has 1 N–H and O–H groups in total. The minimum Gasteiger partial charge on any atom is -0.312 e. The first-order valence-electron chi connectivity index (χ1n) is 6.22. The SMILES string of the molecule is CNC(CSC(C)(C)C)c1cccc(C)c1C. The Morgan fingerprint density at radius 3 is 2.41 bits per heavy atom. The lowest BCUT2D eigenvalue weighted by atomic mass is 9.98. The fraction of sp³-hybridized carbons (Fsp3) is 0.600. The number of rotatable bonds is 4. The largest absolute Gasteiger partial charge is 0.312 e. The lowest BCUT2D eigenvalue weighted by molar-refractivity contribution is 0.652. The molecule has 0 bridgehead atoms. The van der Waals surface area contributed by atoms with E-state index in [1.807, 2.05) is 11.8 Å². The summed E-state index contributed by atoms with van der Waals surface area (Å²) in [5.74, 6) is 1.12. The van der Waals surface area contributed by atoms with Gasteiger partial charge >= 0.3 is 0 Å². The molecular formula is C15H25NS. The first kappa shape index (κ1) is 14.6. The van der Waals surface area contributed by atoms with Crippen LogP contribution in [0.25, 0.3) is 0 Å². The van der Waals surface area contributed by atoms with Crippen molar-refractivity contribution in [1.29, 1.82) is 0 Å². The third kappa shape index (κ3) is 4.36. The second-order valence-electron chi connectivity index (χ2n) is 5.55. The molecule has 1 unspecified atom stereocenters. The molecule has 1 aromatic carbocycles. The predicted molar refractivity (Wildman–Crippen MR) is 79.9 cm³/mol. The molecule has 96 valence electrons. The molecule has 0 fully saturated rings. The average Bonchev–Trinajstić information content (AvgIpc) is 2.23. The van der Waals surface area contributed by atoms with Crippen LogP contribution < -0.4 is 5.32 Å². The van der Waals surface area contributed by atoms with Crippen LogP contribution in [0.1, 0.15) is 43.5 Å². The van der Waals surface area contributed by atoms with Crippen LogP contribution in [0.5, 0.6) is 0 Å². The maximum Gasteiger partial charge on any atom is 0.0412 e. The Balaban J connectivity index is 2.83. The van der Waals surface area contributed by atoms with E-state index in [1.165, 1.54) is 16.7 Å². The summed E-state index contributed by atoms with van der Waals surface area (Å²) in [6, 6.07) is 7.03. The number of aryl methyl sites for hydroxylation is 1. The summed E-state index contributed by atoms with van der Waals surface area (Å²) in [4.78, 5) is 0. The van der Waals surface area contributed by atoms with E-state index < -0.39 is 0 Å². The maximum absolute atomic E-state index is 3.44. The van der Waals surface area contributed by atoms with Crippen LogP contribution in [0, 0.1) is 13.8 Å². The second-order valence-corrected chi connectivity index (χ2v) is 7.40. The van der Waals surface area contributed by atoms with Gasteiger partial charge in [0.1, 0.15) is 0 Å². The Bertz CT molecular complexity index is 366. The number of hydrogen-bond donors (Lipinski definition) is 1. The lowest BCUT2D eigenvalue weighted by Crippen LogP contribution is -2.22. The van der Waals surface area contributed by atoms with Crippen molar-refractivity contribution in [2.24, 2.45) is 0 Å². The van der Waals surface area contributed by atoms with Gasteiger partial charge in [0.15, 0.2) is 0 Å². The van der Waals surface area contributed by atoms with Gasteiger partial charge in [0, 0.05) is 16.5 Å². The van der Waals surface area contributed by atoms with Gasteiger partial charge in [-0.25, -0.2) is 0 Å².